The zero-order chi connectivity index (χ0) is 27.2. The van der Waals surface area contributed by atoms with Crippen molar-refractivity contribution in [2.45, 2.75) is 39.5 Å². The van der Waals surface area contributed by atoms with Crippen LogP contribution in [0.15, 0.2) is 84.0 Å². The van der Waals surface area contributed by atoms with Gasteiger partial charge in [-0.05, 0) is 68.7 Å². The van der Waals surface area contributed by atoms with Gasteiger partial charge < -0.3 is 10.1 Å². The fourth-order valence-corrected chi connectivity index (χ4v) is 4.95. The summed E-state index contributed by atoms with van der Waals surface area (Å²) in [6, 6.07) is 24.5. The summed E-state index contributed by atoms with van der Waals surface area (Å²) in [6.07, 6.45) is 4.16. The number of hydrogen-bond donors (Lipinski definition) is 2. The zero-order valence-corrected chi connectivity index (χ0v) is 22.2. The van der Waals surface area contributed by atoms with Crippen LogP contribution in [0.5, 0.6) is 5.75 Å². The van der Waals surface area contributed by atoms with E-state index in [1.54, 1.807) is 6.07 Å². The summed E-state index contributed by atoms with van der Waals surface area (Å²) in [5.41, 5.74) is 7.63. The molecule has 1 saturated carbocycles. The first kappa shape index (κ1) is 26.1. The maximum Gasteiger partial charge on any atom is 0.272 e. The number of ether oxygens (including phenoxy) is 1. The molecule has 0 saturated heterocycles. The van der Waals surface area contributed by atoms with Gasteiger partial charge in [-0.1, -0.05) is 55.3 Å². The number of pyridine rings is 1. The molecule has 1 aromatic heterocycles. The summed E-state index contributed by atoms with van der Waals surface area (Å²) in [5.74, 6) is 0.584. The highest BCUT2D eigenvalue weighted by Crippen LogP contribution is 2.31. The minimum atomic E-state index is -0.330. The van der Waals surface area contributed by atoms with Crippen molar-refractivity contribution in [1.29, 1.82) is 0 Å². The molecule has 4 aromatic rings. The van der Waals surface area contributed by atoms with Crippen molar-refractivity contribution < 1.29 is 14.3 Å². The van der Waals surface area contributed by atoms with E-state index in [-0.39, 0.29) is 17.7 Å². The van der Waals surface area contributed by atoms with Crippen LogP contribution in [0.2, 0.25) is 0 Å². The van der Waals surface area contributed by atoms with Gasteiger partial charge in [0.25, 0.3) is 5.91 Å². The number of nitrogens with zero attached hydrogens (tertiary/aromatic N) is 2. The van der Waals surface area contributed by atoms with Gasteiger partial charge in [0.15, 0.2) is 0 Å². The summed E-state index contributed by atoms with van der Waals surface area (Å²) >= 11 is 0. The lowest BCUT2D eigenvalue weighted by Gasteiger charge is -2.13. The van der Waals surface area contributed by atoms with Gasteiger partial charge in [-0.3, -0.25) is 9.59 Å². The Morgan fingerprint density at radius 2 is 1.69 bits per heavy atom. The second kappa shape index (κ2) is 11.9. The Labute approximate surface area is 228 Å². The lowest BCUT2D eigenvalue weighted by atomic mass is 10.0. The molecule has 7 nitrogen and oxygen atoms in total. The molecule has 0 radical (unpaired) electrons. The van der Waals surface area contributed by atoms with Crippen molar-refractivity contribution in [2.24, 2.45) is 11.0 Å². The molecule has 1 aliphatic carbocycles. The van der Waals surface area contributed by atoms with Crippen molar-refractivity contribution in [1.82, 2.24) is 10.4 Å². The molecule has 0 aliphatic heterocycles. The molecule has 5 rings (SSSR count). The van der Waals surface area contributed by atoms with Crippen LogP contribution < -0.4 is 15.5 Å². The average Bonchev–Trinajstić information content (AvgIpc) is 3.51. The number of hydrazone groups is 1. The number of rotatable bonds is 8. The van der Waals surface area contributed by atoms with Crippen LogP contribution in [0.4, 0.5) is 5.69 Å². The number of amides is 2. The molecule has 7 heteroatoms. The van der Waals surface area contributed by atoms with Crippen LogP contribution >= 0.6 is 0 Å². The van der Waals surface area contributed by atoms with E-state index in [2.05, 4.69) is 15.8 Å². The Balaban J connectivity index is 1.35. The first-order valence-corrected chi connectivity index (χ1v) is 13.4. The van der Waals surface area contributed by atoms with E-state index in [1.807, 2.05) is 86.6 Å². The van der Waals surface area contributed by atoms with Gasteiger partial charge in [-0.2, -0.15) is 5.10 Å². The number of aromatic nitrogens is 1. The first-order valence-electron chi connectivity index (χ1n) is 13.4. The van der Waals surface area contributed by atoms with Crippen LogP contribution in [0.25, 0.3) is 22.2 Å². The van der Waals surface area contributed by atoms with Gasteiger partial charge in [0, 0.05) is 22.6 Å². The number of fused-ring (bicyclic) bond motifs is 1. The Morgan fingerprint density at radius 1 is 0.974 bits per heavy atom. The van der Waals surface area contributed by atoms with Crippen LogP contribution in [-0.2, 0) is 4.79 Å². The Kier molecular flexibility index (Phi) is 7.96. The molecule has 2 amide bonds. The van der Waals surface area contributed by atoms with Gasteiger partial charge in [-0.25, -0.2) is 10.4 Å². The Bertz CT molecular complexity index is 1520. The molecule has 39 heavy (non-hydrogen) atoms. The predicted octanol–water partition coefficient (Wildman–Crippen LogP) is 6.58. The molecule has 0 unspecified atom stereocenters. The largest absolute Gasteiger partial charge is 0.493 e. The lowest BCUT2D eigenvalue weighted by Crippen LogP contribution is -2.20. The molecular weight excluding hydrogens is 488 g/mol. The highest BCUT2D eigenvalue weighted by Gasteiger charge is 2.22. The second-order valence-corrected chi connectivity index (χ2v) is 9.69. The van der Waals surface area contributed by atoms with Crippen LogP contribution in [0, 0.1) is 5.92 Å². The summed E-state index contributed by atoms with van der Waals surface area (Å²) in [6.45, 7) is 4.30. The monoisotopic (exact) mass is 520 g/mol. The minimum Gasteiger partial charge on any atom is -0.493 e. The third kappa shape index (κ3) is 5.98. The van der Waals surface area contributed by atoms with Gasteiger partial charge in [0.2, 0.25) is 5.91 Å². The Hall–Kier alpha value is -4.52. The van der Waals surface area contributed by atoms with Crippen molar-refractivity contribution in [3.8, 4) is 17.0 Å². The van der Waals surface area contributed by atoms with E-state index < -0.39 is 0 Å². The maximum absolute atomic E-state index is 13.4. The maximum atomic E-state index is 13.4. The minimum absolute atomic E-state index is 0.0886. The topological polar surface area (TPSA) is 92.7 Å². The molecule has 0 spiro atoms. The summed E-state index contributed by atoms with van der Waals surface area (Å²) in [4.78, 5) is 30.6. The average molecular weight is 521 g/mol. The van der Waals surface area contributed by atoms with Crippen molar-refractivity contribution >= 4 is 34.1 Å². The van der Waals surface area contributed by atoms with Gasteiger partial charge in [0.1, 0.15) is 5.75 Å². The van der Waals surface area contributed by atoms with E-state index in [0.717, 1.165) is 47.9 Å². The fourth-order valence-electron chi connectivity index (χ4n) is 4.95. The summed E-state index contributed by atoms with van der Waals surface area (Å²) < 4.78 is 5.80. The summed E-state index contributed by atoms with van der Waals surface area (Å²) in [5, 5.41) is 8.11. The fraction of sp³-hybridized carbons (Fsp3) is 0.250. The SMILES string of the molecule is CCOc1ccccc1-c1cc(C(=O)NN=C(C)c2ccc(NC(=O)C3CCCC3)cc2)c2ccccc2n1. The third-order valence-electron chi connectivity index (χ3n) is 7.04. The van der Waals surface area contributed by atoms with E-state index in [0.29, 0.717) is 34.8 Å². The van der Waals surface area contributed by atoms with E-state index >= 15 is 0 Å². The van der Waals surface area contributed by atoms with Crippen LogP contribution in [-0.4, -0.2) is 29.1 Å². The molecule has 2 N–H and O–H groups in total. The van der Waals surface area contributed by atoms with Crippen LogP contribution in [0.1, 0.15) is 55.5 Å². The highest BCUT2D eigenvalue weighted by molar-refractivity contribution is 6.08. The molecular formula is C32H32N4O3. The first-order chi connectivity index (χ1) is 19.0. The van der Waals surface area contributed by atoms with Crippen molar-refractivity contribution in [2.75, 3.05) is 11.9 Å². The van der Waals surface area contributed by atoms with Crippen LogP contribution in [0.3, 0.4) is 0 Å². The second-order valence-electron chi connectivity index (χ2n) is 9.69. The quantitative estimate of drug-likeness (QED) is 0.203. The number of para-hydroxylation sites is 2. The standard InChI is InChI=1S/C32H32N4O3/c1-3-39-30-15-9-7-13-26(30)29-20-27(25-12-6-8-14-28(25)34-29)32(38)36-35-21(2)22-16-18-24(19-17-22)33-31(37)23-10-4-5-11-23/h6-9,12-20,23H,3-5,10-11H2,1-2H3,(H,33,37)(H,36,38). The molecule has 3 aromatic carbocycles. The number of nitrogens with one attached hydrogen (secondary N) is 2. The predicted molar refractivity (Wildman–Crippen MR) is 155 cm³/mol. The summed E-state index contributed by atoms with van der Waals surface area (Å²) in [7, 11) is 0. The van der Waals surface area contributed by atoms with Gasteiger partial charge in [-0.15, -0.1) is 0 Å². The number of carbonyl (C=O) groups is 2. The molecule has 1 fully saturated rings. The Morgan fingerprint density at radius 3 is 2.46 bits per heavy atom. The molecule has 0 atom stereocenters. The van der Waals surface area contributed by atoms with Gasteiger partial charge in [0.05, 0.1) is 29.1 Å². The van der Waals surface area contributed by atoms with Gasteiger partial charge >= 0.3 is 0 Å². The normalized spacial score (nSPS) is 13.8. The van der Waals surface area contributed by atoms with Crippen molar-refractivity contribution in [3.05, 3.63) is 90.0 Å². The zero-order valence-electron chi connectivity index (χ0n) is 22.2. The van der Waals surface area contributed by atoms with E-state index in [4.69, 9.17) is 9.72 Å². The third-order valence-corrected chi connectivity index (χ3v) is 7.04. The number of hydrogen-bond acceptors (Lipinski definition) is 5. The number of benzene rings is 3. The molecule has 0 bridgehead atoms. The highest BCUT2D eigenvalue weighted by atomic mass is 16.5. The lowest BCUT2D eigenvalue weighted by molar-refractivity contribution is -0.119. The smallest absolute Gasteiger partial charge is 0.272 e. The van der Waals surface area contributed by atoms with Crippen molar-refractivity contribution in [3.63, 3.8) is 0 Å². The molecule has 1 heterocycles. The van der Waals surface area contributed by atoms with E-state index in [1.165, 1.54) is 0 Å². The molecule has 198 valence electrons. The molecule has 1 aliphatic rings. The van der Waals surface area contributed by atoms with E-state index in [9.17, 15) is 9.59 Å². The number of carbonyl (C=O) groups excluding carboxylic acids is 2. The number of anilines is 1.